The number of amides is 1. The topological polar surface area (TPSA) is 67.2 Å². The molecule has 1 amide bonds. The number of hydrogen-bond donors (Lipinski definition) is 2. The lowest BCUT2D eigenvalue weighted by Gasteiger charge is -2.35. The lowest BCUT2D eigenvalue weighted by molar-refractivity contribution is -0.0109. The van der Waals surface area contributed by atoms with Crippen molar-refractivity contribution in [3.8, 4) is 0 Å². The van der Waals surface area contributed by atoms with Gasteiger partial charge in [-0.1, -0.05) is 19.8 Å². The average Bonchev–Trinajstić information content (AvgIpc) is 2.73. The van der Waals surface area contributed by atoms with Gasteiger partial charge in [0.05, 0.1) is 17.4 Å². The van der Waals surface area contributed by atoms with Gasteiger partial charge in [0.2, 0.25) is 0 Å². The zero-order valence-corrected chi connectivity index (χ0v) is 11.0. The second kappa shape index (κ2) is 5.10. The van der Waals surface area contributed by atoms with E-state index in [0.717, 1.165) is 19.3 Å². The van der Waals surface area contributed by atoms with Gasteiger partial charge in [0.15, 0.2) is 0 Å². The fraction of sp³-hybridized carbons (Fsp3) is 0.692. The van der Waals surface area contributed by atoms with Crippen molar-refractivity contribution in [1.29, 1.82) is 0 Å². The van der Waals surface area contributed by atoms with Crippen molar-refractivity contribution in [3.63, 3.8) is 0 Å². The molecule has 1 aromatic heterocycles. The van der Waals surface area contributed by atoms with Crippen LogP contribution in [-0.4, -0.2) is 32.9 Å². The Hall–Kier alpha value is -1.36. The molecule has 2 unspecified atom stereocenters. The highest BCUT2D eigenvalue weighted by Crippen LogP contribution is 2.31. The third-order valence-electron chi connectivity index (χ3n) is 3.61. The van der Waals surface area contributed by atoms with Gasteiger partial charge in [-0.05, 0) is 18.8 Å². The molecule has 2 N–H and O–H groups in total. The van der Waals surface area contributed by atoms with E-state index in [1.165, 1.54) is 12.6 Å². The van der Waals surface area contributed by atoms with Crippen LogP contribution in [0.1, 0.15) is 43.0 Å². The van der Waals surface area contributed by atoms with Crippen LogP contribution in [0.3, 0.4) is 0 Å². The fourth-order valence-corrected chi connectivity index (χ4v) is 2.68. The van der Waals surface area contributed by atoms with Crippen LogP contribution in [0.15, 0.2) is 12.4 Å². The minimum atomic E-state index is -0.741. The lowest BCUT2D eigenvalue weighted by Crippen LogP contribution is -2.45. The third kappa shape index (κ3) is 3.10. The molecule has 0 aromatic carbocycles. The summed E-state index contributed by atoms with van der Waals surface area (Å²) in [5.41, 5.74) is -0.208. The standard InChI is InChI=1S/C13H21N3O2/c1-10-4-3-5-13(18,6-10)9-14-12(17)11-7-15-16(2)8-11/h7-8,10,18H,3-6,9H2,1-2H3,(H,14,17). The van der Waals surface area contributed by atoms with Gasteiger partial charge in [0.25, 0.3) is 5.91 Å². The number of nitrogens with one attached hydrogen (secondary N) is 1. The summed E-state index contributed by atoms with van der Waals surface area (Å²) in [6.07, 6.45) is 6.93. The largest absolute Gasteiger partial charge is 0.388 e. The Bertz CT molecular complexity index is 430. The van der Waals surface area contributed by atoms with Crippen molar-refractivity contribution < 1.29 is 9.90 Å². The highest BCUT2D eigenvalue weighted by atomic mass is 16.3. The maximum Gasteiger partial charge on any atom is 0.254 e. The minimum Gasteiger partial charge on any atom is -0.388 e. The Morgan fingerprint density at radius 1 is 1.72 bits per heavy atom. The lowest BCUT2D eigenvalue weighted by atomic mass is 9.79. The summed E-state index contributed by atoms with van der Waals surface area (Å²) in [4.78, 5) is 11.8. The molecular formula is C13H21N3O2. The molecule has 0 bridgehead atoms. The summed E-state index contributed by atoms with van der Waals surface area (Å²) in [5.74, 6) is 0.355. The molecule has 1 fully saturated rings. The van der Waals surface area contributed by atoms with Gasteiger partial charge in [0, 0.05) is 19.8 Å². The normalized spacial score (nSPS) is 28.1. The van der Waals surface area contributed by atoms with Gasteiger partial charge in [-0.15, -0.1) is 0 Å². The summed E-state index contributed by atoms with van der Waals surface area (Å²) in [6.45, 7) is 2.47. The number of aryl methyl sites for hydroxylation is 1. The minimum absolute atomic E-state index is 0.172. The fourth-order valence-electron chi connectivity index (χ4n) is 2.68. The molecule has 1 heterocycles. The second-order valence-corrected chi connectivity index (χ2v) is 5.51. The quantitative estimate of drug-likeness (QED) is 0.845. The Kier molecular flexibility index (Phi) is 3.71. The second-order valence-electron chi connectivity index (χ2n) is 5.51. The first kappa shape index (κ1) is 13.1. The first-order valence-electron chi connectivity index (χ1n) is 6.48. The molecule has 100 valence electrons. The first-order chi connectivity index (χ1) is 8.48. The summed E-state index contributed by atoms with van der Waals surface area (Å²) in [5, 5.41) is 17.2. The zero-order valence-electron chi connectivity index (χ0n) is 11.0. The highest BCUT2D eigenvalue weighted by Gasteiger charge is 2.32. The molecule has 1 aliphatic rings. The molecule has 0 spiro atoms. The number of aliphatic hydroxyl groups is 1. The molecule has 2 atom stereocenters. The van der Waals surface area contributed by atoms with Crippen molar-refractivity contribution in [2.45, 2.75) is 38.2 Å². The van der Waals surface area contributed by atoms with Gasteiger partial charge >= 0.3 is 0 Å². The molecule has 0 saturated heterocycles. The van der Waals surface area contributed by atoms with Crippen LogP contribution in [0.4, 0.5) is 0 Å². The van der Waals surface area contributed by atoms with Crippen LogP contribution in [0, 0.1) is 5.92 Å². The Balaban J connectivity index is 1.89. The SMILES string of the molecule is CC1CCCC(O)(CNC(=O)c2cnn(C)c2)C1. The van der Waals surface area contributed by atoms with Crippen molar-refractivity contribution in [3.05, 3.63) is 18.0 Å². The van der Waals surface area contributed by atoms with Gasteiger partial charge in [-0.25, -0.2) is 0 Å². The van der Waals surface area contributed by atoms with Crippen LogP contribution in [0.5, 0.6) is 0 Å². The number of carbonyl (C=O) groups is 1. The number of hydrogen-bond acceptors (Lipinski definition) is 3. The van der Waals surface area contributed by atoms with Gasteiger partial charge in [-0.2, -0.15) is 5.10 Å². The smallest absolute Gasteiger partial charge is 0.254 e. The van der Waals surface area contributed by atoms with E-state index in [1.807, 2.05) is 0 Å². The third-order valence-corrected chi connectivity index (χ3v) is 3.61. The van der Waals surface area contributed by atoms with E-state index in [4.69, 9.17) is 0 Å². The number of nitrogens with zero attached hydrogens (tertiary/aromatic N) is 2. The predicted molar refractivity (Wildman–Crippen MR) is 68.1 cm³/mol. The van der Waals surface area contributed by atoms with Crippen LogP contribution >= 0.6 is 0 Å². The van der Waals surface area contributed by atoms with E-state index in [9.17, 15) is 9.90 Å². The van der Waals surface area contributed by atoms with E-state index in [2.05, 4.69) is 17.3 Å². The summed E-state index contributed by atoms with van der Waals surface area (Å²) in [6, 6.07) is 0. The van der Waals surface area contributed by atoms with Crippen molar-refractivity contribution >= 4 is 5.91 Å². The van der Waals surface area contributed by atoms with Crippen molar-refractivity contribution in [2.24, 2.45) is 13.0 Å². The van der Waals surface area contributed by atoms with E-state index in [0.29, 0.717) is 18.0 Å². The molecule has 5 heteroatoms. The van der Waals surface area contributed by atoms with Gasteiger partial charge in [0.1, 0.15) is 0 Å². The maximum atomic E-state index is 11.8. The highest BCUT2D eigenvalue weighted by molar-refractivity contribution is 5.93. The Morgan fingerprint density at radius 3 is 3.11 bits per heavy atom. The molecule has 0 aliphatic heterocycles. The van der Waals surface area contributed by atoms with E-state index >= 15 is 0 Å². The average molecular weight is 251 g/mol. The number of rotatable bonds is 3. The molecule has 1 saturated carbocycles. The van der Waals surface area contributed by atoms with Crippen molar-refractivity contribution in [1.82, 2.24) is 15.1 Å². The van der Waals surface area contributed by atoms with E-state index in [-0.39, 0.29) is 5.91 Å². The number of aromatic nitrogens is 2. The van der Waals surface area contributed by atoms with Crippen LogP contribution < -0.4 is 5.32 Å². The number of carbonyl (C=O) groups excluding carboxylic acids is 1. The monoisotopic (exact) mass is 251 g/mol. The maximum absolute atomic E-state index is 11.8. The summed E-state index contributed by atoms with van der Waals surface area (Å²) >= 11 is 0. The van der Waals surface area contributed by atoms with Crippen LogP contribution in [0.25, 0.3) is 0 Å². The van der Waals surface area contributed by atoms with Crippen LogP contribution in [-0.2, 0) is 7.05 Å². The van der Waals surface area contributed by atoms with Crippen molar-refractivity contribution in [2.75, 3.05) is 6.54 Å². The van der Waals surface area contributed by atoms with E-state index in [1.54, 1.807) is 17.9 Å². The van der Waals surface area contributed by atoms with Gasteiger partial charge < -0.3 is 10.4 Å². The molecule has 18 heavy (non-hydrogen) atoms. The Morgan fingerprint density at radius 2 is 2.50 bits per heavy atom. The molecule has 0 radical (unpaired) electrons. The van der Waals surface area contributed by atoms with Gasteiger partial charge in [-0.3, -0.25) is 9.48 Å². The van der Waals surface area contributed by atoms with Crippen LogP contribution in [0.2, 0.25) is 0 Å². The molecule has 5 nitrogen and oxygen atoms in total. The molecule has 2 rings (SSSR count). The first-order valence-corrected chi connectivity index (χ1v) is 6.48. The summed E-state index contributed by atoms with van der Waals surface area (Å²) in [7, 11) is 1.77. The van der Waals surface area contributed by atoms with E-state index < -0.39 is 5.60 Å². The summed E-state index contributed by atoms with van der Waals surface area (Å²) < 4.78 is 1.59. The molecule has 1 aliphatic carbocycles. The predicted octanol–water partition coefficient (Wildman–Crippen LogP) is 1.09. The zero-order chi connectivity index (χ0) is 13.2. The molecule has 1 aromatic rings. The molecular weight excluding hydrogens is 230 g/mol. The Labute approximate surface area is 107 Å².